The minimum absolute atomic E-state index is 0.117. The lowest BCUT2D eigenvalue weighted by atomic mass is 10.0. The number of aromatic amines is 1. The first-order valence-electron chi connectivity index (χ1n) is 6.02. The van der Waals surface area contributed by atoms with Gasteiger partial charge in [-0.2, -0.15) is 0 Å². The molecule has 4 N–H and O–H groups in total. The van der Waals surface area contributed by atoms with Gasteiger partial charge in [-0.15, -0.1) is 0 Å². The van der Waals surface area contributed by atoms with Gasteiger partial charge in [-0.3, -0.25) is 4.79 Å². The first-order chi connectivity index (χ1) is 9.52. The number of hydrogen-bond acceptors (Lipinski definition) is 4. The predicted octanol–water partition coefficient (Wildman–Crippen LogP) is -1.32. The largest absolute Gasteiger partial charge is 0.480 e. The van der Waals surface area contributed by atoms with Gasteiger partial charge < -0.3 is 25.6 Å². The molecule has 1 aromatic rings. The first-order valence-corrected chi connectivity index (χ1v) is 6.02. The van der Waals surface area contributed by atoms with Crippen LogP contribution in [0.2, 0.25) is 0 Å². The standard InChI is InChI=1S/C11H15N5O4/c1-12-9(17)3-13-11(20)16-4-7-6(14-5-15-7)2-8(16)10(18)19/h5,8H,2-4H2,1H3,(H,12,17)(H,13,20)(H,14,15)(H,18,19). The van der Waals surface area contributed by atoms with Crippen LogP contribution in [0.5, 0.6) is 0 Å². The highest BCUT2D eigenvalue weighted by atomic mass is 16.4. The third kappa shape index (κ3) is 2.71. The maximum absolute atomic E-state index is 12.0. The average Bonchev–Trinajstić information content (AvgIpc) is 2.89. The molecule has 1 unspecified atom stereocenters. The lowest BCUT2D eigenvalue weighted by molar-refractivity contribution is -0.142. The molecule has 1 aliphatic rings. The van der Waals surface area contributed by atoms with Gasteiger partial charge >= 0.3 is 12.0 Å². The van der Waals surface area contributed by atoms with Crippen LogP contribution in [-0.2, 0) is 22.6 Å². The summed E-state index contributed by atoms with van der Waals surface area (Å²) < 4.78 is 0. The zero-order valence-corrected chi connectivity index (χ0v) is 10.8. The number of carbonyl (C=O) groups is 3. The summed E-state index contributed by atoms with van der Waals surface area (Å²) in [4.78, 5) is 42.4. The number of likely N-dealkylation sites (N-methyl/N-ethyl adjacent to an activating group) is 1. The number of carboxylic acids is 1. The summed E-state index contributed by atoms with van der Waals surface area (Å²) in [6.45, 7) is -0.0834. The second-order valence-electron chi connectivity index (χ2n) is 4.35. The summed E-state index contributed by atoms with van der Waals surface area (Å²) in [5.74, 6) is -1.46. The van der Waals surface area contributed by atoms with Crippen molar-refractivity contribution >= 4 is 17.9 Å². The van der Waals surface area contributed by atoms with Crippen molar-refractivity contribution in [1.82, 2.24) is 25.5 Å². The molecule has 108 valence electrons. The van der Waals surface area contributed by atoms with E-state index in [0.717, 1.165) is 0 Å². The molecule has 0 spiro atoms. The van der Waals surface area contributed by atoms with Crippen LogP contribution in [-0.4, -0.2) is 57.5 Å². The van der Waals surface area contributed by atoms with E-state index < -0.39 is 18.0 Å². The molecule has 0 radical (unpaired) electrons. The Bertz CT molecular complexity index is 541. The van der Waals surface area contributed by atoms with Crippen molar-refractivity contribution in [3.63, 3.8) is 0 Å². The Labute approximate surface area is 114 Å². The molecule has 0 bridgehead atoms. The van der Waals surface area contributed by atoms with Gasteiger partial charge in [0.15, 0.2) is 0 Å². The zero-order chi connectivity index (χ0) is 14.7. The number of hydrogen-bond donors (Lipinski definition) is 4. The van der Waals surface area contributed by atoms with E-state index in [1.165, 1.54) is 18.3 Å². The lowest BCUT2D eigenvalue weighted by Crippen LogP contribution is -2.53. The molecule has 9 nitrogen and oxygen atoms in total. The van der Waals surface area contributed by atoms with Gasteiger partial charge in [0.2, 0.25) is 5.91 Å². The summed E-state index contributed by atoms with van der Waals surface area (Å²) in [5.41, 5.74) is 1.35. The average molecular weight is 281 g/mol. The second kappa shape index (κ2) is 5.59. The number of imidazole rings is 1. The number of nitrogens with zero attached hydrogens (tertiary/aromatic N) is 2. The maximum Gasteiger partial charge on any atom is 0.326 e. The number of H-pyrrole nitrogens is 1. The smallest absolute Gasteiger partial charge is 0.326 e. The Balaban J connectivity index is 2.10. The molecule has 0 saturated heterocycles. The highest BCUT2D eigenvalue weighted by Crippen LogP contribution is 2.20. The number of amides is 3. The van der Waals surface area contributed by atoms with Crippen molar-refractivity contribution in [2.24, 2.45) is 0 Å². The topological polar surface area (TPSA) is 127 Å². The van der Waals surface area contributed by atoms with Crippen LogP contribution in [0.1, 0.15) is 11.4 Å². The summed E-state index contributed by atoms with van der Waals surface area (Å²) in [6, 6.07) is -1.59. The van der Waals surface area contributed by atoms with Crippen molar-refractivity contribution < 1.29 is 19.5 Å². The number of carboxylic acid groups (broad SMARTS) is 1. The van der Waals surface area contributed by atoms with E-state index in [1.54, 1.807) is 0 Å². The molecular weight excluding hydrogens is 266 g/mol. The van der Waals surface area contributed by atoms with Crippen LogP contribution in [0, 0.1) is 0 Å². The Hall–Kier alpha value is -2.58. The number of fused-ring (bicyclic) bond motifs is 1. The van der Waals surface area contributed by atoms with Gasteiger partial charge in [-0.05, 0) is 0 Å². The maximum atomic E-state index is 12.0. The van der Waals surface area contributed by atoms with E-state index in [1.807, 2.05) is 0 Å². The molecule has 9 heteroatoms. The fraction of sp³-hybridized carbons (Fsp3) is 0.455. The van der Waals surface area contributed by atoms with Crippen molar-refractivity contribution in [2.45, 2.75) is 19.0 Å². The van der Waals surface area contributed by atoms with E-state index in [0.29, 0.717) is 11.4 Å². The first kappa shape index (κ1) is 13.8. The number of aromatic nitrogens is 2. The van der Waals surface area contributed by atoms with E-state index >= 15 is 0 Å². The minimum atomic E-state index is -1.10. The highest BCUT2D eigenvalue weighted by molar-refractivity contribution is 5.87. The molecule has 2 heterocycles. The monoisotopic (exact) mass is 281 g/mol. The number of aliphatic carboxylic acids is 1. The number of rotatable bonds is 3. The molecule has 3 amide bonds. The van der Waals surface area contributed by atoms with Gasteiger partial charge in [0.1, 0.15) is 6.04 Å². The fourth-order valence-electron chi connectivity index (χ4n) is 2.02. The normalized spacial score (nSPS) is 17.2. The van der Waals surface area contributed by atoms with Crippen LogP contribution in [0.25, 0.3) is 0 Å². The van der Waals surface area contributed by atoms with Crippen LogP contribution < -0.4 is 10.6 Å². The van der Waals surface area contributed by atoms with Gasteiger partial charge in [0.05, 0.1) is 30.8 Å². The minimum Gasteiger partial charge on any atom is -0.480 e. The number of nitrogens with one attached hydrogen (secondary N) is 3. The molecule has 0 aromatic carbocycles. The second-order valence-corrected chi connectivity index (χ2v) is 4.35. The molecule has 20 heavy (non-hydrogen) atoms. The zero-order valence-electron chi connectivity index (χ0n) is 10.8. The summed E-state index contributed by atoms with van der Waals surface area (Å²) in [5, 5.41) is 14.0. The van der Waals surface area contributed by atoms with Crippen LogP contribution in [0.3, 0.4) is 0 Å². The van der Waals surface area contributed by atoms with Crippen molar-refractivity contribution in [3.05, 3.63) is 17.7 Å². The van der Waals surface area contributed by atoms with E-state index in [2.05, 4.69) is 20.6 Å². The molecule has 2 rings (SSSR count). The Morgan fingerprint density at radius 3 is 2.95 bits per heavy atom. The summed E-state index contributed by atoms with van der Waals surface area (Å²) in [7, 11) is 1.45. The third-order valence-electron chi connectivity index (χ3n) is 3.12. The Kier molecular flexibility index (Phi) is 3.87. The van der Waals surface area contributed by atoms with Crippen LogP contribution >= 0.6 is 0 Å². The molecule has 1 aliphatic heterocycles. The van der Waals surface area contributed by atoms with Crippen molar-refractivity contribution in [1.29, 1.82) is 0 Å². The molecule has 0 aliphatic carbocycles. The summed E-state index contributed by atoms with van der Waals surface area (Å²) in [6.07, 6.45) is 1.61. The van der Waals surface area contributed by atoms with Crippen LogP contribution in [0.4, 0.5) is 4.79 Å². The SMILES string of the molecule is CNC(=O)CNC(=O)N1Cc2[nH]cnc2CC1C(=O)O. The van der Waals surface area contributed by atoms with E-state index in [-0.39, 0.29) is 25.4 Å². The van der Waals surface area contributed by atoms with Crippen molar-refractivity contribution in [2.75, 3.05) is 13.6 Å². The Morgan fingerprint density at radius 1 is 1.55 bits per heavy atom. The van der Waals surface area contributed by atoms with Crippen LogP contribution in [0.15, 0.2) is 6.33 Å². The van der Waals surface area contributed by atoms with Crippen molar-refractivity contribution in [3.8, 4) is 0 Å². The molecule has 1 aromatic heterocycles. The molecular formula is C11H15N5O4. The molecule has 1 atom stereocenters. The predicted molar refractivity (Wildman–Crippen MR) is 66.7 cm³/mol. The lowest BCUT2D eigenvalue weighted by Gasteiger charge is -2.32. The fourth-order valence-corrected chi connectivity index (χ4v) is 2.02. The van der Waals surface area contributed by atoms with Gasteiger partial charge in [0, 0.05) is 13.5 Å². The van der Waals surface area contributed by atoms with E-state index in [4.69, 9.17) is 0 Å². The molecule has 0 fully saturated rings. The summed E-state index contributed by atoms with van der Waals surface area (Å²) >= 11 is 0. The highest BCUT2D eigenvalue weighted by Gasteiger charge is 2.35. The number of urea groups is 1. The Morgan fingerprint density at radius 2 is 2.30 bits per heavy atom. The van der Waals surface area contributed by atoms with Gasteiger partial charge in [-0.1, -0.05) is 0 Å². The van der Waals surface area contributed by atoms with E-state index in [9.17, 15) is 19.5 Å². The number of carbonyl (C=O) groups excluding carboxylic acids is 2. The van der Waals surface area contributed by atoms with Gasteiger partial charge in [-0.25, -0.2) is 14.6 Å². The molecule has 0 saturated carbocycles. The third-order valence-corrected chi connectivity index (χ3v) is 3.12. The van der Waals surface area contributed by atoms with Gasteiger partial charge in [0.25, 0.3) is 0 Å². The quantitative estimate of drug-likeness (QED) is 0.546.